The smallest absolute Gasteiger partial charge is 0.269 e. The fourth-order valence-electron chi connectivity index (χ4n) is 1.51. The number of alkyl halides is 1. The number of aromatic amines is 1. The molecule has 0 bridgehead atoms. The third kappa shape index (κ3) is 2.94. The van der Waals surface area contributed by atoms with Gasteiger partial charge in [-0.3, -0.25) is 9.89 Å². The first-order chi connectivity index (χ1) is 8.31. The van der Waals surface area contributed by atoms with Crippen molar-refractivity contribution >= 4 is 21.8 Å². The van der Waals surface area contributed by atoms with Gasteiger partial charge in [-0.1, -0.05) is 46.3 Å². The molecule has 1 amide bonds. The molecule has 4 nitrogen and oxygen atoms in total. The lowest BCUT2D eigenvalue weighted by Crippen LogP contribution is -2.29. The Kier molecular flexibility index (Phi) is 3.93. The van der Waals surface area contributed by atoms with E-state index >= 15 is 0 Å². The summed E-state index contributed by atoms with van der Waals surface area (Å²) in [5.41, 5.74) is 1.53. The number of amides is 1. The van der Waals surface area contributed by atoms with Crippen LogP contribution in [0.25, 0.3) is 0 Å². The monoisotopic (exact) mass is 293 g/mol. The minimum Gasteiger partial charge on any atom is -0.343 e. The second-order valence-corrected chi connectivity index (χ2v) is 4.21. The molecule has 88 valence electrons. The average molecular weight is 294 g/mol. The number of hydrogen-bond acceptors (Lipinski definition) is 2. The van der Waals surface area contributed by atoms with Crippen molar-refractivity contribution in [2.45, 2.75) is 6.04 Å². The summed E-state index contributed by atoms with van der Waals surface area (Å²) in [4.78, 5) is 11.8. The van der Waals surface area contributed by atoms with Crippen LogP contribution in [-0.4, -0.2) is 21.4 Å². The highest BCUT2D eigenvalue weighted by Crippen LogP contribution is 2.15. The van der Waals surface area contributed by atoms with Crippen LogP contribution in [0.2, 0.25) is 0 Å². The molecule has 0 saturated heterocycles. The summed E-state index contributed by atoms with van der Waals surface area (Å²) in [5.74, 6) is -0.157. The molecule has 0 aliphatic heterocycles. The van der Waals surface area contributed by atoms with Crippen LogP contribution in [0, 0.1) is 0 Å². The third-order valence-corrected chi connectivity index (χ3v) is 3.05. The molecular formula is C12H12BrN3O. The summed E-state index contributed by atoms with van der Waals surface area (Å²) < 4.78 is 0. The van der Waals surface area contributed by atoms with Crippen LogP contribution in [0.5, 0.6) is 0 Å². The van der Waals surface area contributed by atoms with Crippen molar-refractivity contribution in [2.75, 3.05) is 5.33 Å². The van der Waals surface area contributed by atoms with E-state index in [2.05, 4.69) is 31.4 Å². The van der Waals surface area contributed by atoms with Crippen LogP contribution in [0.3, 0.4) is 0 Å². The van der Waals surface area contributed by atoms with Crippen molar-refractivity contribution in [1.82, 2.24) is 15.5 Å². The number of halogens is 1. The summed E-state index contributed by atoms with van der Waals surface area (Å²) in [6, 6.07) is 11.4. The first kappa shape index (κ1) is 11.9. The van der Waals surface area contributed by atoms with Gasteiger partial charge in [0.2, 0.25) is 0 Å². The first-order valence-corrected chi connectivity index (χ1v) is 6.34. The highest BCUT2D eigenvalue weighted by atomic mass is 79.9. The van der Waals surface area contributed by atoms with Crippen LogP contribution >= 0.6 is 15.9 Å². The second-order valence-electron chi connectivity index (χ2n) is 3.56. The number of rotatable bonds is 4. The third-order valence-electron chi connectivity index (χ3n) is 2.41. The van der Waals surface area contributed by atoms with Crippen LogP contribution in [-0.2, 0) is 0 Å². The van der Waals surface area contributed by atoms with Crippen molar-refractivity contribution in [3.05, 3.63) is 53.9 Å². The molecule has 17 heavy (non-hydrogen) atoms. The molecule has 1 unspecified atom stereocenters. The van der Waals surface area contributed by atoms with E-state index in [-0.39, 0.29) is 11.9 Å². The van der Waals surface area contributed by atoms with Gasteiger partial charge >= 0.3 is 0 Å². The Bertz CT molecular complexity index is 470. The quantitative estimate of drug-likeness (QED) is 0.850. The van der Waals surface area contributed by atoms with Gasteiger partial charge in [0.05, 0.1) is 6.04 Å². The van der Waals surface area contributed by atoms with E-state index in [0.717, 1.165) is 5.56 Å². The van der Waals surface area contributed by atoms with Crippen molar-refractivity contribution < 1.29 is 4.79 Å². The molecule has 0 aliphatic rings. The zero-order chi connectivity index (χ0) is 12.1. The molecule has 2 rings (SSSR count). The van der Waals surface area contributed by atoms with Gasteiger partial charge < -0.3 is 5.32 Å². The number of hydrogen-bond donors (Lipinski definition) is 2. The maximum absolute atomic E-state index is 11.8. The van der Waals surface area contributed by atoms with Crippen LogP contribution in [0.1, 0.15) is 22.1 Å². The molecule has 2 aromatic rings. The molecule has 0 spiro atoms. The van der Waals surface area contributed by atoms with Crippen molar-refractivity contribution in [3.63, 3.8) is 0 Å². The average Bonchev–Trinajstić information content (AvgIpc) is 2.90. The Labute approximate surface area is 108 Å². The minimum atomic E-state index is -0.157. The SMILES string of the molecule is O=C(NC(CBr)c1ccccc1)c1ccn[nH]1. The normalized spacial score (nSPS) is 12.1. The molecule has 1 atom stereocenters. The molecule has 0 saturated carbocycles. The Morgan fingerprint density at radius 3 is 2.71 bits per heavy atom. The van der Waals surface area contributed by atoms with Crippen molar-refractivity contribution in [2.24, 2.45) is 0 Å². The maximum atomic E-state index is 11.8. The Balaban J connectivity index is 2.09. The van der Waals surface area contributed by atoms with Gasteiger partial charge in [0.1, 0.15) is 5.69 Å². The predicted molar refractivity (Wildman–Crippen MR) is 69.0 cm³/mol. The first-order valence-electron chi connectivity index (χ1n) is 5.22. The maximum Gasteiger partial charge on any atom is 0.269 e. The highest BCUT2D eigenvalue weighted by Gasteiger charge is 2.14. The Hall–Kier alpha value is -1.62. The van der Waals surface area contributed by atoms with E-state index in [1.807, 2.05) is 30.3 Å². The summed E-state index contributed by atoms with van der Waals surface area (Å²) >= 11 is 3.40. The van der Waals surface area contributed by atoms with E-state index in [1.165, 1.54) is 0 Å². The highest BCUT2D eigenvalue weighted by molar-refractivity contribution is 9.09. The fraction of sp³-hybridized carbons (Fsp3) is 0.167. The number of benzene rings is 1. The second kappa shape index (κ2) is 5.63. The Morgan fingerprint density at radius 1 is 1.35 bits per heavy atom. The van der Waals surface area contributed by atoms with Crippen LogP contribution in [0.4, 0.5) is 0 Å². The van der Waals surface area contributed by atoms with Gasteiger partial charge in [0.15, 0.2) is 0 Å². The molecular weight excluding hydrogens is 282 g/mol. The standard InChI is InChI=1S/C12H12BrN3O/c13-8-11(9-4-2-1-3-5-9)15-12(17)10-6-7-14-16-10/h1-7,11H,8H2,(H,14,16)(H,15,17). The molecule has 2 N–H and O–H groups in total. The van der Waals surface area contributed by atoms with Gasteiger partial charge in [-0.2, -0.15) is 5.10 Å². The molecule has 5 heteroatoms. The zero-order valence-corrected chi connectivity index (χ0v) is 10.6. The fourth-order valence-corrected chi connectivity index (χ4v) is 2.05. The van der Waals surface area contributed by atoms with E-state index in [1.54, 1.807) is 12.3 Å². The topological polar surface area (TPSA) is 57.8 Å². The van der Waals surface area contributed by atoms with Gasteiger partial charge in [-0.05, 0) is 11.6 Å². The van der Waals surface area contributed by atoms with Gasteiger partial charge in [-0.25, -0.2) is 0 Å². The molecule has 0 aliphatic carbocycles. The Morgan fingerprint density at radius 2 is 2.12 bits per heavy atom. The summed E-state index contributed by atoms with van der Waals surface area (Å²) in [5, 5.41) is 9.98. The zero-order valence-electron chi connectivity index (χ0n) is 9.06. The minimum absolute atomic E-state index is 0.0491. The predicted octanol–water partition coefficient (Wildman–Crippen LogP) is 2.28. The number of carbonyl (C=O) groups is 1. The molecule has 1 aromatic carbocycles. The van der Waals surface area contributed by atoms with Gasteiger partial charge in [-0.15, -0.1) is 0 Å². The lowest BCUT2D eigenvalue weighted by atomic mass is 10.1. The van der Waals surface area contributed by atoms with E-state index in [4.69, 9.17) is 0 Å². The largest absolute Gasteiger partial charge is 0.343 e. The summed E-state index contributed by atoms with van der Waals surface area (Å²) in [6.07, 6.45) is 1.56. The molecule has 0 radical (unpaired) electrons. The van der Waals surface area contributed by atoms with Crippen molar-refractivity contribution in [1.29, 1.82) is 0 Å². The number of aromatic nitrogens is 2. The van der Waals surface area contributed by atoms with E-state index in [9.17, 15) is 4.79 Å². The number of nitrogens with zero attached hydrogens (tertiary/aromatic N) is 1. The molecule has 1 heterocycles. The number of H-pyrrole nitrogens is 1. The number of carbonyl (C=O) groups excluding carboxylic acids is 1. The lowest BCUT2D eigenvalue weighted by molar-refractivity contribution is 0.0935. The number of nitrogens with one attached hydrogen (secondary N) is 2. The van der Waals surface area contributed by atoms with Crippen LogP contribution in [0.15, 0.2) is 42.6 Å². The molecule has 0 fully saturated rings. The lowest BCUT2D eigenvalue weighted by Gasteiger charge is -2.15. The summed E-state index contributed by atoms with van der Waals surface area (Å²) in [6.45, 7) is 0. The summed E-state index contributed by atoms with van der Waals surface area (Å²) in [7, 11) is 0. The van der Waals surface area contributed by atoms with Gasteiger partial charge in [0.25, 0.3) is 5.91 Å². The van der Waals surface area contributed by atoms with E-state index in [0.29, 0.717) is 11.0 Å². The van der Waals surface area contributed by atoms with Gasteiger partial charge in [0, 0.05) is 11.5 Å². The van der Waals surface area contributed by atoms with Crippen LogP contribution < -0.4 is 5.32 Å². The van der Waals surface area contributed by atoms with Crippen molar-refractivity contribution in [3.8, 4) is 0 Å². The van der Waals surface area contributed by atoms with E-state index < -0.39 is 0 Å². The molecule has 1 aromatic heterocycles.